The monoisotopic (exact) mass is 177 g/mol. The molecule has 1 atom stereocenters. The fourth-order valence-corrected chi connectivity index (χ4v) is 1.61. The van der Waals surface area contributed by atoms with Gasteiger partial charge in [0.05, 0.1) is 6.33 Å². The van der Waals surface area contributed by atoms with Gasteiger partial charge in [0.2, 0.25) is 0 Å². The van der Waals surface area contributed by atoms with E-state index in [9.17, 15) is 0 Å². The summed E-state index contributed by atoms with van der Waals surface area (Å²) < 4.78 is 0. The molecule has 1 aliphatic rings. The molecule has 0 radical (unpaired) electrons. The van der Waals surface area contributed by atoms with E-state index >= 15 is 0 Å². The third kappa shape index (κ3) is 2.42. The standard InChI is InChI=1S/C10H15N3/c1-2-4-9(5-3-1)12-7-10-6-11-8-13-10/h1-2,6,8-9,12H,3-5,7H2,(H,11,13). The first-order valence-electron chi connectivity index (χ1n) is 4.81. The van der Waals surface area contributed by atoms with Gasteiger partial charge in [0.25, 0.3) is 0 Å². The molecular weight excluding hydrogens is 162 g/mol. The Hall–Kier alpha value is -1.09. The molecule has 0 amide bonds. The third-order valence-electron chi connectivity index (χ3n) is 2.41. The Morgan fingerprint density at radius 3 is 3.23 bits per heavy atom. The maximum Gasteiger partial charge on any atom is 0.0922 e. The van der Waals surface area contributed by atoms with E-state index in [4.69, 9.17) is 0 Å². The van der Waals surface area contributed by atoms with Crippen LogP contribution in [0.5, 0.6) is 0 Å². The summed E-state index contributed by atoms with van der Waals surface area (Å²) in [6, 6.07) is 0.647. The summed E-state index contributed by atoms with van der Waals surface area (Å²) in [6.07, 6.45) is 11.7. The van der Waals surface area contributed by atoms with E-state index in [0.717, 1.165) is 18.7 Å². The largest absolute Gasteiger partial charge is 0.347 e. The number of imidazole rings is 1. The molecule has 1 aromatic heterocycles. The molecule has 0 saturated carbocycles. The smallest absolute Gasteiger partial charge is 0.0922 e. The summed E-state index contributed by atoms with van der Waals surface area (Å²) in [6.45, 7) is 0.901. The van der Waals surface area contributed by atoms with Gasteiger partial charge >= 0.3 is 0 Å². The van der Waals surface area contributed by atoms with Crippen molar-refractivity contribution < 1.29 is 0 Å². The Labute approximate surface area is 78.3 Å². The Morgan fingerprint density at radius 1 is 1.54 bits per heavy atom. The van der Waals surface area contributed by atoms with Gasteiger partial charge in [-0.1, -0.05) is 12.2 Å². The molecule has 0 aliphatic heterocycles. The predicted molar refractivity (Wildman–Crippen MR) is 52.2 cm³/mol. The summed E-state index contributed by atoms with van der Waals surface area (Å²) in [5.41, 5.74) is 1.16. The van der Waals surface area contributed by atoms with E-state index in [1.807, 2.05) is 6.20 Å². The minimum atomic E-state index is 0.647. The highest BCUT2D eigenvalue weighted by Gasteiger charge is 2.08. The SMILES string of the molecule is C1=CCC(NCc2cnc[nH]2)CC1. The second kappa shape index (κ2) is 4.23. The first kappa shape index (κ1) is 8.51. The zero-order chi connectivity index (χ0) is 8.93. The van der Waals surface area contributed by atoms with E-state index in [2.05, 4.69) is 27.4 Å². The van der Waals surface area contributed by atoms with E-state index in [0.29, 0.717) is 6.04 Å². The van der Waals surface area contributed by atoms with Crippen molar-refractivity contribution in [3.63, 3.8) is 0 Å². The van der Waals surface area contributed by atoms with Crippen LogP contribution in [0, 0.1) is 0 Å². The lowest BCUT2D eigenvalue weighted by atomic mass is 10.0. The number of nitrogens with zero attached hydrogens (tertiary/aromatic N) is 1. The topological polar surface area (TPSA) is 40.7 Å². The number of H-pyrrole nitrogens is 1. The van der Waals surface area contributed by atoms with Crippen LogP contribution < -0.4 is 5.32 Å². The first-order valence-corrected chi connectivity index (χ1v) is 4.81. The summed E-state index contributed by atoms with van der Waals surface area (Å²) >= 11 is 0. The maximum atomic E-state index is 3.98. The second-order valence-corrected chi connectivity index (χ2v) is 3.44. The Balaban J connectivity index is 1.76. The number of allylic oxidation sites excluding steroid dienone is 1. The van der Waals surface area contributed by atoms with E-state index < -0.39 is 0 Å². The van der Waals surface area contributed by atoms with Crippen LogP contribution in [0.15, 0.2) is 24.7 Å². The van der Waals surface area contributed by atoms with Gasteiger partial charge in [-0.05, 0) is 19.3 Å². The zero-order valence-electron chi connectivity index (χ0n) is 7.66. The summed E-state index contributed by atoms with van der Waals surface area (Å²) in [7, 11) is 0. The van der Waals surface area contributed by atoms with E-state index in [1.165, 1.54) is 12.8 Å². The van der Waals surface area contributed by atoms with Crippen LogP contribution in [-0.4, -0.2) is 16.0 Å². The quantitative estimate of drug-likeness (QED) is 0.689. The minimum Gasteiger partial charge on any atom is -0.347 e. The predicted octanol–water partition coefficient (Wildman–Crippen LogP) is 1.61. The van der Waals surface area contributed by atoms with E-state index in [1.54, 1.807) is 6.33 Å². The molecule has 0 aromatic carbocycles. The number of hydrogen-bond donors (Lipinski definition) is 2. The van der Waals surface area contributed by atoms with Crippen LogP contribution >= 0.6 is 0 Å². The molecule has 70 valence electrons. The van der Waals surface area contributed by atoms with Gasteiger partial charge in [0.15, 0.2) is 0 Å². The van der Waals surface area contributed by atoms with Crippen molar-refractivity contribution in [1.29, 1.82) is 0 Å². The number of nitrogens with one attached hydrogen (secondary N) is 2. The molecule has 2 N–H and O–H groups in total. The lowest BCUT2D eigenvalue weighted by Crippen LogP contribution is -2.29. The minimum absolute atomic E-state index is 0.647. The molecule has 1 heterocycles. The lowest BCUT2D eigenvalue weighted by molar-refractivity contribution is 0.471. The molecule has 2 rings (SSSR count). The molecule has 0 fully saturated rings. The molecule has 1 unspecified atom stereocenters. The molecule has 13 heavy (non-hydrogen) atoms. The van der Waals surface area contributed by atoms with Crippen molar-refractivity contribution in [3.05, 3.63) is 30.4 Å². The fraction of sp³-hybridized carbons (Fsp3) is 0.500. The van der Waals surface area contributed by atoms with Gasteiger partial charge in [0.1, 0.15) is 0 Å². The molecule has 0 saturated heterocycles. The van der Waals surface area contributed by atoms with Crippen molar-refractivity contribution in [1.82, 2.24) is 15.3 Å². The molecule has 1 aliphatic carbocycles. The van der Waals surface area contributed by atoms with Gasteiger partial charge < -0.3 is 10.3 Å². The van der Waals surface area contributed by atoms with Crippen molar-refractivity contribution in [2.45, 2.75) is 31.8 Å². The number of aromatic nitrogens is 2. The molecule has 3 heteroatoms. The average Bonchev–Trinajstić information content (AvgIpc) is 2.69. The highest BCUT2D eigenvalue weighted by atomic mass is 15.0. The van der Waals surface area contributed by atoms with Crippen LogP contribution in [-0.2, 0) is 6.54 Å². The van der Waals surface area contributed by atoms with Crippen LogP contribution in [0.25, 0.3) is 0 Å². The zero-order valence-corrected chi connectivity index (χ0v) is 7.66. The molecular formula is C10H15N3. The summed E-state index contributed by atoms with van der Waals surface area (Å²) in [5.74, 6) is 0. The van der Waals surface area contributed by atoms with Gasteiger partial charge in [-0.15, -0.1) is 0 Å². The van der Waals surface area contributed by atoms with Crippen LogP contribution in [0.1, 0.15) is 25.0 Å². The van der Waals surface area contributed by atoms with Crippen LogP contribution in [0.2, 0.25) is 0 Å². The molecule has 0 spiro atoms. The highest BCUT2D eigenvalue weighted by Crippen LogP contribution is 2.10. The van der Waals surface area contributed by atoms with E-state index in [-0.39, 0.29) is 0 Å². The summed E-state index contributed by atoms with van der Waals surface area (Å²) in [5, 5.41) is 3.50. The normalized spacial score (nSPS) is 22.0. The molecule has 3 nitrogen and oxygen atoms in total. The number of rotatable bonds is 3. The fourth-order valence-electron chi connectivity index (χ4n) is 1.61. The second-order valence-electron chi connectivity index (χ2n) is 3.44. The molecule has 0 bridgehead atoms. The lowest BCUT2D eigenvalue weighted by Gasteiger charge is -2.18. The van der Waals surface area contributed by atoms with Crippen LogP contribution in [0.4, 0.5) is 0 Å². The molecule has 1 aromatic rings. The van der Waals surface area contributed by atoms with Gasteiger partial charge in [-0.3, -0.25) is 0 Å². The average molecular weight is 177 g/mol. The Kier molecular flexibility index (Phi) is 2.77. The Bertz CT molecular complexity index is 264. The van der Waals surface area contributed by atoms with Gasteiger partial charge in [-0.25, -0.2) is 4.98 Å². The van der Waals surface area contributed by atoms with Gasteiger partial charge in [0, 0.05) is 24.5 Å². The first-order chi connectivity index (χ1) is 6.45. The highest BCUT2D eigenvalue weighted by molar-refractivity contribution is 4.97. The maximum absolute atomic E-state index is 3.98. The number of hydrogen-bond acceptors (Lipinski definition) is 2. The summed E-state index contributed by atoms with van der Waals surface area (Å²) in [4.78, 5) is 7.06. The van der Waals surface area contributed by atoms with Gasteiger partial charge in [-0.2, -0.15) is 0 Å². The van der Waals surface area contributed by atoms with Crippen molar-refractivity contribution in [2.75, 3.05) is 0 Å². The number of aromatic amines is 1. The van der Waals surface area contributed by atoms with Crippen molar-refractivity contribution >= 4 is 0 Å². The third-order valence-corrected chi connectivity index (χ3v) is 2.41. The van der Waals surface area contributed by atoms with Crippen molar-refractivity contribution in [3.8, 4) is 0 Å². The Morgan fingerprint density at radius 2 is 2.54 bits per heavy atom. The van der Waals surface area contributed by atoms with Crippen molar-refractivity contribution in [2.24, 2.45) is 0 Å². The van der Waals surface area contributed by atoms with Crippen LogP contribution in [0.3, 0.4) is 0 Å².